The van der Waals surface area contributed by atoms with Gasteiger partial charge in [-0.1, -0.05) is 11.8 Å². The highest BCUT2D eigenvalue weighted by molar-refractivity contribution is 8.01. The Labute approximate surface area is 116 Å². The number of benzene rings is 2. The van der Waals surface area contributed by atoms with Gasteiger partial charge in [-0.15, -0.1) is 11.3 Å². The number of nitrogen functional groups attached to an aromatic ring is 1. The van der Waals surface area contributed by atoms with Crippen LogP contribution in [0.15, 0.2) is 45.6 Å². The number of hydrogen-bond donors (Lipinski definition) is 1. The van der Waals surface area contributed by atoms with E-state index in [2.05, 4.69) is 4.98 Å². The van der Waals surface area contributed by atoms with Gasteiger partial charge in [0.05, 0.1) is 10.2 Å². The predicted molar refractivity (Wildman–Crippen MR) is 74.5 cm³/mol. The second-order valence-corrected chi connectivity index (χ2v) is 6.24. The molecule has 0 spiro atoms. The zero-order valence-corrected chi connectivity index (χ0v) is 11.2. The third-order valence-corrected chi connectivity index (χ3v) is 4.56. The maximum Gasteiger partial charge on any atom is 0.159 e. The molecular weight excluding hydrogens is 286 g/mol. The molecule has 0 radical (unpaired) electrons. The normalized spacial score (nSPS) is 11.1. The lowest BCUT2D eigenvalue weighted by Gasteiger charge is -1.98. The molecule has 3 rings (SSSR count). The minimum Gasteiger partial charge on any atom is -0.399 e. The van der Waals surface area contributed by atoms with Gasteiger partial charge in [-0.05, 0) is 36.4 Å². The molecule has 0 aliphatic carbocycles. The first-order chi connectivity index (χ1) is 9.11. The molecule has 1 heterocycles. The van der Waals surface area contributed by atoms with E-state index < -0.39 is 11.6 Å². The molecule has 0 bridgehead atoms. The first-order valence-corrected chi connectivity index (χ1v) is 7.04. The van der Waals surface area contributed by atoms with Crippen LogP contribution in [0.25, 0.3) is 10.2 Å². The fourth-order valence-electron chi connectivity index (χ4n) is 1.60. The number of fused-ring (bicyclic) bond motifs is 1. The van der Waals surface area contributed by atoms with Gasteiger partial charge >= 0.3 is 0 Å². The Morgan fingerprint density at radius 2 is 1.89 bits per heavy atom. The molecule has 6 heteroatoms. The highest BCUT2D eigenvalue weighted by atomic mass is 32.2. The fraction of sp³-hybridized carbons (Fsp3) is 0. The van der Waals surface area contributed by atoms with Crippen LogP contribution < -0.4 is 5.73 Å². The van der Waals surface area contributed by atoms with Crippen molar-refractivity contribution in [3.8, 4) is 0 Å². The maximum absolute atomic E-state index is 13.1. The summed E-state index contributed by atoms with van der Waals surface area (Å²) in [5, 5.41) is 0. The molecule has 0 fully saturated rings. The summed E-state index contributed by atoms with van der Waals surface area (Å²) < 4.78 is 27.7. The SMILES string of the molecule is Nc1ccc2nc(Sc3ccc(F)c(F)c3)sc2c1. The van der Waals surface area contributed by atoms with Crippen molar-refractivity contribution in [1.29, 1.82) is 0 Å². The van der Waals surface area contributed by atoms with Crippen molar-refractivity contribution in [2.45, 2.75) is 9.24 Å². The van der Waals surface area contributed by atoms with Crippen molar-refractivity contribution in [2.75, 3.05) is 5.73 Å². The molecule has 96 valence electrons. The van der Waals surface area contributed by atoms with Crippen molar-refractivity contribution in [3.63, 3.8) is 0 Å². The molecule has 2 nitrogen and oxygen atoms in total. The number of thiazole rings is 1. The molecule has 19 heavy (non-hydrogen) atoms. The highest BCUT2D eigenvalue weighted by Gasteiger charge is 2.08. The number of hydrogen-bond acceptors (Lipinski definition) is 4. The lowest BCUT2D eigenvalue weighted by molar-refractivity contribution is 0.506. The van der Waals surface area contributed by atoms with E-state index in [1.165, 1.54) is 35.2 Å². The monoisotopic (exact) mass is 294 g/mol. The van der Waals surface area contributed by atoms with Crippen LogP contribution in [0.4, 0.5) is 14.5 Å². The Bertz CT molecular complexity index is 755. The average Bonchev–Trinajstić information content (AvgIpc) is 2.75. The van der Waals surface area contributed by atoms with Gasteiger partial charge in [0.2, 0.25) is 0 Å². The summed E-state index contributed by atoms with van der Waals surface area (Å²) in [6.45, 7) is 0. The molecule has 2 aromatic carbocycles. The Hall–Kier alpha value is -1.66. The molecule has 0 aliphatic heterocycles. The van der Waals surface area contributed by atoms with Crippen molar-refractivity contribution in [2.24, 2.45) is 0 Å². The van der Waals surface area contributed by atoms with Crippen molar-refractivity contribution in [1.82, 2.24) is 4.98 Å². The van der Waals surface area contributed by atoms with E-state index in [0.29, 0.717) is 10.6 Å². The summed E-state index contributed by atoms with van der Waals surface area (Å²) in [6, 6.07) is 9.29. The van der Waals surface area contributed by atoms with Gasteiger partial charge in [-0.25, -0.2) is 13.8 Å². The second-order valence-electron chi connectivity index (χ2n) is 3.88. The van der Waals surface area contributed by atoms with E-state index in [1.54, 1.807) is 6.07 Å². The van der Waals surface area contributed by atoms with Gasteiger partial charge in [0.1, 0.15) is 0 Å². The van der Waals surface area contributed by atoms with Gasteiger partial charge in [0.15, 0.2) is 16.0 Å². The third kappa shape index (κ3) is 2.54. The maximum atomic E-state index is 13.1. The summed E-state index contributed by atoms with van der Waals surface area (Å²) in [5.41, 5.74) is 7.24. The molecular formula is C13H8F2N2S2. The quantitative estimate of drug-likeness (QED) is 0.716. The minimum absolute atomic E-state index is 0.617. The van der Waals surface area contributed by atoms with Gasteiger partial charge in [0, 0.05) is 10.6 Å². The van der Waals surface area contributed by atoms with Crippen molar-refractivity contribution in [3.05, 3.63) is 48.0 Å². The van der Waals surface area contributed by atoms with Gasteiger partial charge in [0.25, 0.3) is 0 Å². The second kappa shape index (κ2) is 4.79. The topological polar surface area (TPSA) is 38.9 Å². The van der Waals surface area contributed by atoms with Crippen LogP contribution in [-0.2, 0) is 0 Å². The van der Waals surface area contributed by atoms with Gasteiger partial charge in [-0.3, -0.25) is 0 Å². The predicted octanol–water partition coefficient (Wildman–Crippen LogP) is 4.31. The van der Waals surface area contributed by atoms with Crippen LogP contribution in [-0.4, -0.2) is 4.98 Å². The molecule has 1 aromatic heterocycles. The van der Waals surface area contributed by atoms with Crippen LogP contribution in [0.3, 0.4) is 0 Å². The minimum atomic E-state index is -0.852. The van der Waals surface area contributed by atoms with Crippen LogP contribution in [0.2, 0.25) is 0 Å². The van der Waals surface area contributed by atoms with Gasteiger partial charge in [-0.2, -0.15) is 0 Å². The number of nitrogens with two attached hydrogens (primary N) is 1. The number of halogens is 2. The molecule has 3 aromatic rings. The van der Waals surface area contributed by atoms with Crippen molar-refractivity contribution >= 4 is 39.0 Å². The van der Waals surface area contributed by atoms with Crippen molar-refractivity contribution < 1.29 is 8.78 Å². The average molecular weight is 294 g/mol. The molecule has 0 saturated carbocycles. The first-order valence-electron chi connectivity index (χ1n) is 5.41. The fourth-order valence-corrected chi connectivity index (χ4v) is 3.72. The van der Waals surface area contributed by atoms with Crippen LogP contribution >= 0.6 is 23.1 Å². The van der Waals surface area contributed by atoms with Crippen LogP contribution in [0.1, 0.15) is 0 Å². The first kappa shape index (κ1) is 12.4. The standard InChI is InChI=1S/C13H8F2N2S2/c14-9-3-2-8(6-10(9)15)18-13-17-11-4-1-7(16)5-12(11)19-13/h1-6H,16H2. The van der Waals surface area contributed by atoms with E-state index in [-0.39, 0.29) is 0 Å². The van der Waals surface area contributed by atoms with Gasteiger partial charge < -0.3 is 5.73 Å². The number of rotatable bonds is 2. The van der Waals surface area contributed by atoms with Crippen LogP contribution in [0.5, 0.6) is 0 Å². The molecule has 2 N–H and O–H groups in total. The molecule has 0 atom stereocenters. The molecule has 0 saturated heterocycles. The lowest BCUT2D eigenvalue weighted by Crippen LogP contribution is -1.83. The Morgan fingerprint density at radius 1 is 1.05 bits per heavy atom. The highest BCUT2D eigenvalue weighted by Crippen LogP contribution is 2.35. The Morgan fingerprint density at radius 3 is 2.68 bits per heavy atom. The summed E-state index contributed by atoms with van der Waals surface area (Å²) in [4.78, 5) is 5.03. The lowest BCUT2D eigenvalue weighted by atomic mass is 10.3. The third-order valence-electron chi connectivity index (χ3n) is 2.49. The largest absolute Gasteiger partial charge is 0.399 e. The Balaban J connectivity index is 1.94. The Kier molecular flexibility index (Phi) is 3.12. The van der Waals surface area contributed by atoms with E-state index in [4.69, 9.17) is 5.73 Å². The van der Waals surface area contributed by atoms with E-state index in [0.717, 1.165) is 20.6 Å². The van der Waals surface area contributed by atoms with E-state index >= 15 is 0 Å². The van der Waals surface area contributed by atoms with E-state index in [1.807, 2.05) is 12.1 Å². The summed E-state index contributed by atoms with van der Waals surface area (Å²) in [7, 11) is 0. The molecule has 0 unspecified atom stereocenters. The van der Waals surface area contributed by atoms with Crippen LogP contribution in [0, 0.1) is 11.6 Å². The molecule has 0 aliphatic rings. The zero-order chi connectivity index (χ0) is 13.4. The number of nitrogens with zero attached hydrogens (tertiary/aromatic N) is 1. The summed E-state index contributed by atoms with van der Waals surface area (Å²) in [6.07, 6.45) is 0. The summed E-state index contributed by atoms with van der Waals surface area (Å²) >= 11 is 2.77. The molecule has 0 amide bonds. The number of aromatic nitrogens is 1. The van der Waals surface area contributed by atoms with E-state index in [9.17, 15) is 8.78 Å². The smallest absolute Gasteiger partial charge is 0.159 e. The zero-order valence-electron chi connectivity index (χ0n) is 9.56. The number of anilines is 1. The summed E-state index contributed by atoms with van der Waals surface area (Å²) in [5.74, 6) is -1.70.